The molecule has 8 nitrogen and oxygen atoms in total. The summed E-state index contributed by atoms with van der Waals surface area (Å²) in [4.78, 5) is 15.1. The highest BCUT2D eigenvalue weighted by Crippen LogP contribution is 2.26. The maximum atomic E-state index is 12.7. The molecule has 4 rings (SSSR count). The van der Waals surface area contributed by atoms with E-state index in [4.69, 9.17) is 9.47 Å². The Balaban J connectivity index is 1.34. The minimum absolute atomic E-state index is 0.0734. The summed E-state index contributed by atoms with van der Waals surface area (Å²) in [6, 6.07) is 14.6. The maximum Gasteiger partial charge on any atom is 0.243 e. The molecule has 2 aliphatic rings. The van der Waals surface area contributed by atoms with E-state index in [9.17, 15) is 13.2 Å². The minimum atomic E-state index is -3.51. The number of hydrogen-bond donors (Lipinski definition) is 1. The van der Waals surface area contributed by atoms with E-state index in [2.05, 4.69) is 10.2 Å². The summed E-state index contributed by atoms with van der Waals surface area (Å²) in [6.07, 6.45) is 0.844. The molecule has 0 aromatic heterocycles. The van der Waals surface area contributed by atoms with Crippen LogP contribution in [0.15, 0.2) is 53.4 Å². The molecule has 172 valence electrons. The van der Waals surface area contributed by atoms with Crippen molar-refractivity contribution in [1.29, 1.82) is 0 Å². The van der Waals surface area contributed by atoms with Crippen molar-refractivity contribution >= 4 is 27.3 Å². The molecule has 0 bridgehead atoms. The normalized spacial score (nSPS) is 17.8. The van der Waals surface area contributed by atoms with Crippen molar-refractivity contribution in [1.82, 2.24) is 4.31 Å². The molecule has 1 N–H and O–H groups in total. The second-order valence-electron chi connectivity index (χ2n) is 7.83. The molecule has 0 radical (unpaired) electrons. The zero-order chi connectivity index (χ0) is 22.4. The van der Waals surface area contributed by atoms with Crippen molar-refractivity contribution in [3.05, 3.63) is 54.1 Å². The van der Waals surface area contributed by atoms with Crippen LogP contribution in [-0.4, -0.2) is 71.2 Å². The summed E-state index contributed by atoms with van der Waals surface area (Å²) >= 11 is 0. The number of benzene rings is 2. The quantitative estimate of drug-likeness (QED) is 0.682. The van der Waals surface area contributed by atoms with Crippen LogP contribution in [0.1, 0.15) is 12.0 Å². The van der Waals surface area contributed by atoms with Crippen LogP contribution in [0.2, 0.25) is 0 Å². The number of anilines is 2. The van der Waals surface area contributed by atoms with Gasteiger partial charge in [-0.1, -0.05) is 24.3 Å². The van der Waals surface area contributed by atoms with E-state index >= 15 is 0 Å². The molecule has 2 saturated heterocycles. The summed E-state index contributed by atoms with van der Waals surface area (Å²) in [5, 5.41) is 3.02. The molecule has 0 saturated carbocycles. The lowest BCUT2D eigenvalue weighted by molar-refractivity contribution is -0.116. The molecule has 0 atom stereocenters. The minimum Gasteiger partial charge on any atom is -0.379 e. The SMILES string of the molecule is O=C(CCc1ccc(S(=O)(=O)N2CCOCC2)cc1)Nc1ccccc1N1CCOCC1. The van der Waals surface area contributed by atoms with E-state index in [0.29, 0.717) is 52.4 Å². The van der Waals surface area contributed by atoms with E-state index in [1.54, 1.807) is 24.3 Å². The Morgan fingerprint density at radius 1 is 0.875 bits per heavy atom. The number of sulfonamides is 1. The number of hydrogen-bond acceptors (Lipinski definition) is 6. The van der Waals surface area contributed by atoms with Gasteiger partial charge in [0.2, 0.25) is 15.9 Å². The number of aryl methyl sites for hydroxylation is 1. The average Bonchev–Trinajstić information content (AvgIpc) is 2.84. The van der Waals surface area contributed by atoms with Gasteiger partial charge in [-0.3, -0.25) is 4.79 Å². The van der Waals surface area contributed by atoms with Crippen LogP contribution in [0.4, 0.5) is 11.4 Å². The van der Waals surface area contributed by atoms with Crippen molar-refractivity contribution in [3.63, 3.8) is 0 Å². The van der Waals surface area contributed by atoms with Crippen LogP contribution >= 0.6 is 0 Å². The lowest BCUT2D eigenvalue weighted by Crippen LogP contribution is -2.40. The molecular weight excluding hydrogens is 430 g/mol. The Hall–Kier alpha value is -2.46. The van der Waals surface area contributed by atoms with Crippen molar-refractivity contribution in [2.45, 2.75) is 17.7 Å². The molecule has 1 amide bonds. The van der Waals surface area contributed by atoms with Crippen LogP contribution in [0, 0.1) is 0 Å². The zero-order valence-electron chi connectivity index (χ0n) is 18.0. The number of para-hydroxylation sites is 2. The summed E-state index contributed by atoms with van der Waals surface area (Å²) in [5.74, 6) is -0.0734. The first kappa shape index (κ1) is 22.7. The number of nitrogens with one attached hydrogen (secondary N) is 1. The van der Waals surface area contributed by atoms with E-state index in [1.165, 1.54) is 4.31 Å². The molecule has 9 heteroatoms. The molecule has 2 aromatic carbocycles. The average molecular weight is 460 g/mol. The standard InChI is InChI=1S/C23H29N3O5S/c27-23(24-21-3-1-2-4-22(21)25-11-15-30-16-12-25)10-7-19-5-8-20(9-6-19)32(28,29)26-13-17-31-18-14-26/h1-6,8-9H,7,10-18H2,(H,24,27). The maximum absolute atomic E-state index is 12.7. The van der Waals surface area contributed by atoms with Crippen molar-refractivity contribution in [2.75, 3.05) is 62.8 Å². The molecule has 2 fully saturated rings. The van der Waals surface area contributed by atoms with Crippen LogP contribution in [-0.2, 0) is 30.7 Å². The number of rotatable bonds is 7. The highest BCUT2D eigenvalue weighted by molar-refractivity contribution is 7.89. The summed E-state index contributed by atoms with van der Waals surface area (Å²) in [5.41, 5.74) is 2.72. The number of amides is 1. The van der Waals surface area contributed by atoms with Crippen molar-refractivity contribution in [2.24, 2.45) is 0 Å². The molecule has 2 aliphatic heterocycles. The fraction of sp³-hybridized carbons (Fsp3) is 0.435. The number of nitrogens with zero attached hydrogens (tertiary/aromatic N) is 2. The largest absolute Gasteiger partial charge is 0.379 e. The molecule has 0 spiro atoms. The summed E-state index contributed by atoms with van der Waals surface area (Å²) in [6.45, 7) is 4.53. The van der Waals surface area contributed by atoms with Gasteiger partial charge in [0, 0.05) is 32.6 Å². The third kappa shape index (κ3) is 5.47. The van der Waals surface area contributed by atoms with E-state index in [-0.39, 0.29) is 10.8 Å². The number of carbonyl (C=O) groups excluding carboxylic acids is 1. The fourth-order valence-electron chi connectivity index (χ4n) is 3.89. The second-order valence-corrected chi connectivity index (χ2v) is 9.76. The Morgan fingerprint density at radius 3 is 2.19 bits per heavy atom. The molecule has 2 aromatic rings. The Morgan fingerprint density at radius 2 is 1.50 bits per heavy atom. The molecule has 0 aliphatic carbocycles. The van der Waals surface area contributed by atoms with Gasteiger partial charge < -0.3 is 19.7 Å². The van der Waals surface area contributed by atoms with Crippen LogP contribution < -0.4 is 10.2 Å². The monoisotopic (exact) mass is 459 g/mol. The Labute approximate surface area is 189 Å². The van der Waals surface area contributed by atoms with Gasteiger partial charge in [0.15, 0.2) is 0 Å². The van der Waals surface area contributed by atoms with Gasteiger partial charge in [-0.15, -0.1) is 0 Å². The lowest BCUT2D eigenvalue weighted by atomic mass is 10.1. The van der Waals surface area contributed by atoms with Gasteiger partial charge in [-0.2, -0.15) is 4.31 Å². The fourth-order valence-corrected chi connectivity index (χ4v) is 5.30. The van der Waals surface area contributed by atoms with Gasteiger partial charge >= 0.3 is 0 Å². The molecule has 32 heavy (non-hydrogen) atoms. The predicted molar refractivity (Wildman–Crippen MR) is 122 cm³/mol. The Kier molecular flexibility index (Phi) is 7.41. The molecular formula is C23H29N3O5S. The lowest BCUT2D eigenvalue weighted by Gasteiger charge is -2.30. The Bertz CT molecular complexity index is 1010. The number of carbonyl (C=O) groups is 1. The first-order valence-electron chi connectivity index (χ1n) is 10.9. The first-order valence-corrected chi connectivity index (χ1v) is 12.4. The molecule has 2 heterocycles. The second kappa shape index (κ2) is 10.4. The van der Waals surface area contributed by atoms with Crippen LogP contribution in [0.25, 0.3) is 0 Å². The van der Waals surface area contributed by atoms with Crippen molar-refractivity contribution in [3.8, 4) is 0 Å². The zero-order valence-corrected chi connectivity index (χ0v) is 18.9. The topological polar surface area (TPSA) is 88.2 Å². The van der Waals surface area contributed by atoms with Gasteiger partial charge in [-0.05, 0) is 36.2 Å². The van der Waals surface area contributed by atoms with E-state index in [0.717, 1.165) is 30.0 Å². The van der Waals surface area contributed by atoms with Gasteiger partial charge in [-0.25, -0.2) is 8.42 Å². The first-order chi connectivity index (χ1) is 15.5. The third-order valence-electron chi connectivity index (χ3n) is 5.70. The van der Waals surface area contributed by atoms with Gasteiger partial charge in [0.1, 0.15) is 0 Å². The highest BCUT2D eigenvalue weighted by Gasteiger charge is 2.26. The third-order valence-corrected chi connectivity index (χ3v) is 7.61. The van der Waals surface area contributed by atoms with Gasteiger partial charge in [0.05, 0.1) is 42.7 Å². The summed E-state index contributed by atoms with van der Waals surface area (Å²) < 4.78 is 37.6. The highest BCUT2D eigenvalue weighted by atomic mass is 32.2. The van der Waals surface area contributed by atoms with Crippen molar-refractivity contribution < 1.29 is 22.7 Å². The number of morpholine rings is 2. The molecule has 0 unspecified atom stereocenters. The van der Waals surface area contributed by atoms with Crippen LogP contribution in [0.3, 0.4) is 0 Å². The predicted octanol–water partition coefficient (Wildman–Crippen LogP) is 2.12. The van der Waals surface area contributed by atoms with Gasteiger partial charge in [0.25, 0.3) is 0 Å². The van der Waals surface area contributed by atoms with E-state index < -0.39 is 10.0 Å². The smallest absolute Gasteiger partial charge is 0.243 e. The summed E-state index contributed by atoms with van der Waals surface area (Å²) in [7, 11) is -3.51. The van der Waals surface area contributed by atoms with Crippen LogP contribution in [0.5, 0.6) is 0 Å². The number of ether oxygens (including phenoxy) is 2. The van der Waals surface area contributed by atoms with E-state index in [1.807, 2.05) is 24.3 Å².